The second kappa shape index (κ2) is 8.57. The van der Waals surface area contributed by atoms with Crippen LogP contribution in [0.5, 0.6) is 5.75 Å². The van der Waals surface area contributed by atoms with Crippen LogP contribution in [0.15, 0.2) is 42.5 Å². The van der Waals surface area contributed by atoms with Crippen LogP contribution in [-0.2, 0) is 6.54 Å². The summed E-state index contributed by atoms with van der Waals surface area (Å²) in [6.45, 7) is 2.31. The maximum absolute atomic E-state index is 12.6. The second-order valence-electron chi connectivity index (χ2n) is 5.35. The van der Waals surface area contributed by atoms with Crippen LogP contribution in [0.1, 0.15) is 11.1 Å². The number of para-hydroxylation sites is 1. The third kappa shape index (κ3) is 4.63. The highest BCUT2D eigenvalue weighted by Gasteiger charge is 2.16. The Hall–Kier alpha value is -2.24. The lowest BCUT2D eigenvalue weighted by Crippen LogP contribution is -2.36. The van der Waals surface area contributed by atoms with Gasteiger partial charge >= 0.3 is 6.03 Å². The SMILES string of the molecule is COc1ccccc1CN(CCO)C(=O)Nc1ccc(Cl)cc1C. The number of aliphatic hydroxyl groups is 1. The molecule has 24 heavy (non-hydrogen) atoms. The molecule has 0 saturated heterocycles. The van der Waals surface area contributed by atoms with Gasteiger partial charge < -0.3 is 20.1 Å². The molecule has 2 aromatic carbocycles. The van der Waals surface area contributed by atoms with Crippen LogP contribution in [0.4, 0.5) is 10.5 Å². The van der Waals surface area contributed by atoms with E-state index in [1.54, 1.807) is 25.3 Å². The molecule has 2 aromatic rings. The van der Waals surface area contributed by atoms with E-state index >= 15 is 0 Å². The molecule has 0 bridgehead atoms. The zero-order valence-corrected chi connectivity index (χ0v) is 14.5. The van der Waals surface area contributed by atoms with Gasteiger partial charge in [-0.15, -0.1) is 0 Å². The molecule has 0 heterocycles. The molecular formula is C18H21ClN2O3. The highest BCUT2D eigenvalue weighted by Crippen LogP contribution is 2.22. The van der Waals surface area contributed by atoms with Gasteiger partial charge in [0.15, 0.2) is 0 Å². The monoisotopic (exact) mass is 348 g/mol. The Morgan fingerprint density at radius 3 is 2.71 bits per heavy atom. The molecule has 0 fully saturated rings. The van der Waals surface area contributed by atoms with Crippen molar-refractivity contribution in [3.05, 3.63) is 58.6 Å². The quantitative estimate of drug-likeness (QED) is 0.837. The first-order valence-corrected chi connectivity index (χ1v) is 7.97. The van der Waals surface area contributed by atoms with Crippen molar-refractivity contribution < 1.29 is 14.6 Å². The standard InChI is InChI=1S/C18H21ClN2O3/c1-13-11-15(19)7-8-16(13)20-18(23)21(9-10-22)12-14-5-3-4-6-17(14)24-2/h3-8,11,22H,9-10,12H2,1-2H3,(H,20,23). The lowest BCUT2D eigenvalue weighted by Gasteiger charge is -2.23. The molecule has 5 nitrogen and oxygen atoms in total. The molecule has 0 radical (unpaired) electrons. The zero-order valence-electron chi connectivity index (χ0n) is 13.8. The Morgan fingerprint density at radius 1 is 1.29 bits per heavy atom. The van der Waals surface area contributed by atoms with E-state index in [1.165, 1.54) is 4.90 Å². The molecule has 0 saturated carbocycles. The highest BCUT2D eigenvalue weighted by molar-refractivity contribution is 6.30. The van der Waals surface area contributed by atoms with E-state index < -0.39 is 0 Å². The minimum absolute atomic E-state index is 0.123. The number of benzene rings is 2. The largest absolute Gasteiger partial charge is 0.496 e. The Bertz CT molecular complexity index is 706. The lowest BCUT2D eigenvalue weighted by atomic mass is 10.2. The van der Waals surface area contributed by atoms with Crippen LogP contribution in [-0.4, -0.2) is 36.3 Å². The van der Waals surface area contributed by atoms with Crippen molar-refractivity contribution in [1.29, 1.82) is 0 Å². The normalized spacial score (nSPS) is 10.3. The molecule has 0 aliphatic rings. The number of methoxy groups -OCH3 is 1. The Balaban J connectivity index is 2.15. The number of ether oxygens (including phenoxy) is 1. The van der Waals surface area contributed by atoms with E-state index in [-0.39, 0.29) is 19.2 Å². The molecule has 0 atom stereocenters. The van der Waals surface area contributed by atoms with Crippen LogP contribution < -0.4 is 10.1 Å². The highest BCUT2D eigenvalue weighted by atomic mass is 35.5. The molecule has 2 amide bonds. The van der Waals surface area contributed by atoms with Gasteiger partial charge in [-0.1, -0.05) is 29.8 Å². The first-order chi connectivity index (χ1) is 11.5. The van der Waals surface area contributed by atoms with Gasteiger partial charge in [0.1, 0.15) is 5.75 Å². The van der Waals surface area contributed by atoms with E-state index in [9.17, 15) is 9.90 Å². The van der Waals surface area contributed by atoms with Gasteiger partial charge in [-0.3, -0.25) is 0 Å². The molecular weight excluding hydrogens is 328 g/mol. The van der Waals surface area contributed by atoms with Crippen molar-refractivity contribution in [2.24, 2.45) is 0 Å². The smallest absolute Gasteiger partial charge is 0.322 e. The molecule has 6 heteroatoms. The van der Waals surface area contributed by atoms with Gasteiger partial charge in [0.05, 0.1) is 20.3 Å². The predicted octanol–water partition coefficient (Wildman–Crippen LogP) is 3.68. The summed E-state index contributed by atoms with van der Waals surface area (Å²) in [6, 6.07) is 12.5. The minimum atomic E-state index is -0.291. The first kappa shape index (κ1) is 18.1. The number of carbonyl (C=O) groups is 1. The van der Waals surface area contributed by atoms with Gasteiger partial charge in [0.25, 0.3) is 0 Å². The molecule has 0 aromatic heterocycles. The fourth-order valence-electron chi connectivity index (χ4n) is 2.37. The molecule has 2 rings (SSSR count). The number of carbonyl (C=O) groups excluding carboxylic acids is 1. The Morgan fingerprint density at radius 2 is 2.04 bits per heavy atom. The summed E-state index contributed by atoms with van der Waals surface area (Å²) >= 11 is 5.94. The van der Waals surface area contributed by atoms with Gasteiger partial charge in [-0.05, 0) is 36.8 Å². The Labute approximate surface area is 146 Å². The molecule has 0 unspecified atom stereocenters. The number of urea groups is 1. The number of hydrogen-bond donors (Lipinski definition) is 2. The van der Waals surface area contributed by atoms with Crippen molar-refractivity contribution in [3.63, 3.8) is 0 Å². The molecule has 128 valence electrons. The van der Waals surface area contributed by atoms with E-state index in [1.807, 2.05) is 31.2 Å². The summed E-state index contributed by atoms with van der Waals surface area (Å²) in [6.07, 6.45) is 0. The van der Waals surface area contributed by atoms with Gasteiger partial charge in [0.2, 0.25) is 0 Å². The number of nitrogens with zero attached hydrogens (tertiary/aromatic N) is 1. The van der Waals surface area contributed by atoms with E-state index in [0.29, 0.717) is 23.0 Å². The third-order valence-corrected chi connectivity index (χ3v) is 3.88. The minimum Gasteiger partial charge on any atom is -0.496 e. The number of aryl methyl sites for hydroxylation is 1. The topological polar surface area (TPSA) is 61.8 Å². The summed E-state index contributed by atoms with van der Waals surface area (Å²) in [5.41, 5.74) is 2.43. The fraction of sp³-hybridized carbons (Fsp3) is 0.278. The fourth-order valence-corrected chi connectivity index (χ4v) is 2.60. The first-order valence-electron chi connectivity index (χ1n) is 7.60. The number of hydrogen-bond acceptors (Lipinski definition) is 3. The number of anilines is 1. The van der Waals surface area contributed by atoms with Gasteiger partial charge in [-0.25, -0.2) is 4.79 Å². The number of aliphatic hydroxyl groups excluding tert-OH is 1. The van der Waals surface area contributed by atoms with Crippen LogP contribution in [0.2, 0.25) is 5.02 Å². The number of rotatable bonds is 6. The van der Waals surface area contributed by atoms with Gasteiger partial charge in [-0.2, -0.15) is 0 Å². The maximum atomic E-state index is 12.6. The molecule has 0 spiro atoms. The van der Waals surface area contributed by atoms with Crippen LogP contribution in [0, 0.1) is 6.92 Å². The molecule has 0 aliphatic heterocycles. The summed E-state index contributed by atoms with van der Waals surface area (Å²) in [5.74, 6) is 0.705. The predicted molar refractivity (Wildman–Crippen MR) is 95.7 cm³/mol. The van der Waals surface area contributed by atoms with Crippen LogP contribution >= 0.6 is 11.6 Å². The summed E-state index contributed by atoms with van der Waals surface area (Å²) < 4.78 is 5.32. The zero-order chi connectivity index (χ0) is 17.5. The van der Waals surface area contributed by atoms with Crippen molar-refractivity contribution in [2.75, 3.05) is 25.6 Å². The van der Waals surface area contributed by atoms with Crippen molar-refractivity contribution in [3.8, 4) is 5.75 Å². The summed E-state index contributed by atoms with van der Waals surface area (Å²) in [5, 5.41) is 12.8. The van der Waals surface area contributed by atoms with Crippen LogP contribution in [0.3, 0.4) is 0 Å². The lowest BCUT2D eigenvalue weighted by molar-refractivity contribution is 0.184. The summed E-state index contributed by atoms with van der Waals surface area (Å²) in [7, 11) is 1.59. The van der Waals surface area contributed by atoms with Crippen molar-refractivity contribution >= 4 is 23.3 Å². The van der Waals surface area contributed by atoms with E-state index in [0.717, 1.165) is 11.1 Å². The van der Waals surface area contributed by atoms with E-state index in [2.05, 4.69) is 5.32 Å². The third-order valence-electron chi connectivity index (χ3n) is 3.64. The molecule has 2 N–H and O–H groups in total. The molecule has 0 aliphatic carbocycles. The summed E-state index contributed by atoms with van der Waals surface area (Å²) in [4.78, 5) is 14.1. The van der Waals surface area contributed by atoms with Gasteiger partial charge in [0, 0.05) is 22.8 Å². The average molecular weight is 349 g/mol. The maximum Gasteiger partial charge on any atom is 0.322 e. The second-order valence-corrected chi connectivity index (χ2v) is 5.78. The number of nitrogens with one attached hydrogen (secondary N) is 1. The van der Waals surface area contributed by atoms with E-state index in [4.69, 9.17) is 16.3 Å². The van der Waals surface area contributed by atoms with Crippen LogP contribution in [0.25, 0.3) is 0 Å². The number of amides is 2. The average Bonchev–Trinajstić information content (AvgIpc) is 2.57. The number of halogens is 1. The Kier molecular flexibility index (Phi) is 6.46. The van der Waals surface area contributed by atoms with Crippen molar-refractivity contribution in [1.82, 2.24) is 4.90 Å². The van der Waals surface area contributed by atoms with Crippen molar-refractivity contribution in [2.45, 2.75) is 13.5 Å².